The molecule has 4 aromatic rings. The summed E-state index contributed by atoms with van der Waals surface area (Å²) < 4.78 is 11.1. The number of para-hydroxylation sites is 3. The van der Waals surface area contributed by atoms with Gasteiger partial charge >= 0.3 is 0 Å². The lowest BCUT2D eigenvalue weighted by Gasteiger charge is -2.16. The predicted octanol–water partition coefficient (Wildman–Crippen LogP) is 6.52. The number of anilines is 1. The maximum absolute atomic E-state index is 13.6. The number of ether oxygens (including phenoxy) is 2. The van der Waals surface area contributed by atoms with Gasteiger partial charge in [-0.3, -0.25) is 14.5 Å². The maximum Gasteiger partial charge on any atom is 0.267 e. The Morgan fingerprint density at radius 3 is 2.30 bits per heavy atom. The number of amidine groups is 1. The third-order valence-corrected chi connectivity index (χ3v) is 7.00. The first kappa shape index (κ1) is 26.8. The highest BCUT2D eigenvalue weighted by Crippen LogP contribution is 2.36. The minimum Gasteiger partial charge on any atom is -0.497 e. The number of benzene rings is 4. The number of aliphatic imine (C=N–C) groups is 1. The fourth-order valence-corrected chi connectivity index (χ4v) is 4.98. The molecule has 0 saturated carbocycles. The topological polar surface area (TPSA) is 80.2 Å². The summed E-state index contributed by atoms with van der Waals surface area (Å²) in [5.74, 6) is 0.815. The molecule has 1 aliphatic heterocycles. The molecule has 0 bridgehead atoms. The molecule has 8 heteroatoms. The number of carbonyl (C=O) groups is 2. The van der Waals surface area contributed by atoms with E-state index in [4.69, 9.17) is 14.5 Å². The second-order valence-corrected chi connectivity index (χ2v) is 9.83. The fraction of sp³-hybridized carbons (Fsp3) is 0.0938. The molecule has 0 unspecified atom stereocenters. The number of hydrogen-bond donors (Lipinski definition) is 1. The van der Waals surface area contributed by atoms with E-state index >= 15 is 0 Å². The van der Waals surface area contributed by atoms with Crippen molar-refractivity contribution in [2.24, 2.45) is 4.99 Å². The molecule has 1 fully saturated rings. The zero-order valence-corrected chi connectivity index (χ0v) is 22.6. The number of rotatable bonds is 9. The Balaban J connectivity index is 1.37. The zero-order valence-electron chi connectivity index (χ0n) is 21.8. The molecule has 0 aromatic heterocycles. The number of amides is 2. The first-order valence-corrected chi connectivity index (χ1v) is 13.5. The monoisotopic (exact) mass is 549 g/mol. The van der Waals surface area contributed by atoms with E-state index in [0.717, 1.165) is 17.0 Å². The lowest BCUT2D eigenvalue weighted by molar-refractivity contribution is -0.122. The molecule has 0 atom stereocenters. The Labute approximate surface area is 237 Å². The van der Waals surface area contributed by atoms with E-state index in [2.05, 4.69) is 5.32 Å². The van der Waals surface area contributed by atoms with Crippen LogP contribution in [0.25, 0.3) is 6.08 Å². The summed E-state index contributed by atoms with van der Waals surface area (Å²) in [5, 5.41) is 3.39. The number of hydrogen-bond acceptors (Lipinski definition) is 6. The smallest absolute Gasteiger partial charge is 0.267 e. The van der Waals surface area contributed by atoms with E-state index in [1.165, 1.54) is 11.8 Å². The van der Waals surface area contributed by atoms with Crippen molar-refractivity contribution in [3.63, 3.8) is 0 Å². The summed E-state index contributed by atoms with van der Waals surface area (Å²) in [5.41, 5.74) is 3.09. The number of thioether (sulfide) groups is 1. The van der Waals surface area contributed by atoms with Crippen molar-refractivity contribution in [2.75, 3.05) is 19.0 Å². The van der Waals surface area contributed by atoms with Gasteiger partial charge in [-0.15, -0.1) is 0 Å². The second kappa shape index (κ2) is 12.8. The van der Waals surface area contributed by atoms with E-state index < -0.39 is 0 Å². The van der Waals surface area contributed by atoms with Crippen molar-refractivity contribution < 1.29 is 19.1 Å². The fourth-order valence-electron chi connectivity index (χ4n) is 3.99. The van der Waals surface area contributed by atoms with E-state index in [0.29, 0.717) is 33.6 Å². The van der Waals surface area contributed by atoms with Gasteiger partial charge in [0.05, 0.1) is 24.2 Å². The van der Waals surface area contributed by atoms with Crippen LogP contribution in [0.5, 0.6) is 11.5 Å². The Bertz CT molecular complexity index is 1540. The standard InChI is InChI=1S/C32H27N3O4S/c1-38-27-18-16-23(17-19-27)21-35-31(37)29(40-32(35)34-26-13-6-3-7-14-26)20-24-10-8-9-15-28(24)39-22-30(36)33-25-11-4-2-5-12-25/h2-20H,21-22H2,1H3,(H,33,36). The summed E-state index contributed by atoms with van der Waals surface area (Å²) in [6, 6.07) is 33.7. The van der Waals surface area contributed by atoms with Crippen molar-refractivity contribution in [3.05, 3.63) is 125 Å². The molecule has 2 amide bonds. The summed E-state index contributed by atoms with van der Waals surface area (Å²) in [6.07, 6.45) is 1.78. The normalized spacial score (nSPS) is 14.9. The molecular formula is C32H27N3O4S. The van der Waals surface area contributed by atoms with E-state index in [9.17, 15) is 9.59 Å². The van der Waals surface area contributed by atoms with Gasteiger partial charge in [0.15, 0.2) is 11.8 Å². The third kappa shape index (κ3) is 6.78. The Morgan fingerprint density at radius 2 is 1.57 bits per heavy atom. The first-order valence-electron chi connectivity index (χ1n) is 12.6. The predicted molar refractivity (Wildman–Crippen MR) is 160 cm³/mol. The van der Waals surface area contributed by atoms with Gasteiger partial charge in [-0.05, 0) is 65.9 Å². The Kier molecular flexibility index (Phi) is 8.58. The van der Waals surface area contributed by atoms with E-state index in [1.807, 2.05) is 103 Å². The van der Waals surface area contributed by atoms with Gasteiger partial charge in [-0.2, -0.15) is 0 Å². The van der Waals surface area contributed by atoms with Crippen molar-refractivity contribution in [2.45, 2.75) is 6.54 Å². The number of carbonyl (C=O) groups excluding carboxylic acids is 2. The summed E-state index contributed by atoms with van der Waals surface area (Å²) in [4.78, 5) is 33.0. The minimum absolute atomic E-state index is 0.160. The Morgan fingerprint density at radius 1 is 0.900 bits per heavy atom. The highest BCUT2D eigenvalue weighted by molar-refractivity contribution is 8.18. The number of methoxy groups -OCH3 is 1. The molecule has 1 saturated heterocycles. The quantitative estimate of drug-likeness (QED) is 0.241. The highest BCUT2D eigenvalue weighted by Gasteiger charge is 2.33. The van der Waals surface area contributed by atoms with Crippen LogP contribution in [0.15, 0.2) is 119 Å². The van der Waals surface area contributed by atoms with Crippen LogP contribution in [0.1, 0.15) is 11.1 Å². The van der Waals surface area contributed by atoms with Crippen LogP contribution in [0, 0.1) is 0 Å². The van der Waals surface area contributed by atoms with Crippen LogP contribution < -0.4 is 14.8 Å². The highest BCUT2D eigenvalue weighted by atomic mass is 32.2. The van der Waals surface area contributed by atoms with Crippen LogP contribution in [0.4, 0.5) is 11.4 Å². The van der Waals surface area contributed by atoms with Crippen LogP contribution in [0.2, 0.25) is 0 Å². The molecule has 1 N–H and O–H groups in total. The number of nitrogens with one attached hydrogen (secondary N) is 1. The second-order valence-electron chi connectivity index (χ2n) is 8.82. The van der Waals surface area contributed by atoms with Gasteiger partial charge in [0, 0.05) is 11.3 Å². The largest absolute Gasteiger partial charge is 0.497 e. The summed E-state index contributed by atoms with van der Waals surface area (Å²) in [6.45, 7) is 0.192. The average Bonchev–Trinajstić information content (AvgIpc) is 3.27. The van der Waals surface area contributed by atoms with Crippen molar-refractivity contribution in [3.8, 4) is 11.5 Å². The van der Waals surface area contributed by atoms with E-state index in [1.54, 1.807) is 24.2 Å². The SMILES string of the molecule is COc1ccc(CN2C(=O)C(=Cc3ccccc3OCC(=O)Nc3ccccc3)SC2=Nc2ccccc2)cc1. The maximum atomic E-state index is 13.6. The zero-order chi connectivity index (χ0) is 27.7. The van der Waals surface area contributed by atoms with Crippen molar-refractivity contribution >= 4 is 46.2 Å². The van der Waals surface area contributed by atoms with Gasteiger partial charge in [0.2, 0.25) is 0 Å². The summed E-state index contributed by atoms with van der Waals surface area (Å²) in [7, 11) is 1.62. The van der Waals surface area contributed by atoms with Gasteiger partial charge in [-0.25, -0.2) is 4.99 Å². The molecule has 0 aliphatic carbocycles. The lowest BCUT2D eigenvalue weighted by Crippen LogP contribution is -2.28. The van der Waals surface area contributed by atoms with Crippen LogP contribution in [-0.2, 0) is 16.1 Å². The van der Waals surface area contributed by atoms with Gasteiger partial charge in [0.25, 0.3) is 11.8 Å². The molecule has 1 aliphatic rings. The molecular weight excluding hydrogens is 522 g/mol. The lowest BCUT2D eigenvalue weighted by atomic mass is 10.1. The third-order valence-electron chi connectivity index (χ3n) is 5.99. The molecule has 5 rings (SSSR count). The van der Waals surface area contributed by atoms with Crippen LogP contribution in [0.3, 0.4) is 0 Å². The molecule has 7 nitrogen and oxygen atoms in total. The van der Waals surface area contributed by atoms with Crippen molar-refractivity contribution in [1.29, 1.82) is 0 Å². The molecule has 40 heavy (non-hydrogen) atoms. The molecule has 4 aromatic carbocycles. The summed E-state index contributed by atoms with van der Waals surface area (Å²) >= 11 is 1.31. The molecule has 0 radical (unpaired) electrons. The molecule has 1 heterocycles. The number of nitrogens with zero attached hydrogens (tertiary/aromatic N) is 2. The van der Waals surface area contributed by atoms with Crippen molar-refractivity contribution in [1.82, 2.24) is 4.90 Å². The minimum atomic E-state index is -0.275. The van der Waals surface area contributed by atoms with E-state index in [-0.39, 0.29) is 18.4 Å². The Hall–Kier alpha value is -4.82. The van der Waals surface area contributed by atoms with Gasteiger partial charge in [0.1, 0.15) is 11.5 Å². The van der Waals surface area contributed by atoms with Crippen LogP contribution in [-0.4, -0.2) is 35.6 Å². The molecule has 0 spiro atoms. The first-order chi connectivity index (χ1) is 19.6. The molecule has 200 valence electrons. The average molecular weight is 550 g/mol. The van der Waals surface area contributed by atoms with Gasteiger partial charge in [-0.1, -0.05) is 66.7 Å². The van der Waals surface area contributed by atoms with Crippen LogP contribution >= 0.6 is 11.8 Å². The van der Waals surface area contributed by atoms with Gasteiger partial charge < -0.3 is 14.8 Å².